The molecule has 1 aromatic rings. The molecule has 0 bridgehead atoms. The lowest BCUT2D eigenvalue weighted by atomic mass is 9.66. The minimum atomic E-state index is -1.10. The zero-order valence-electron chi connectivity index (χ0n) is 11.3. The second kappa shape index (κ2) is 4.73. The number of hydrogen-bond acceptors (Lipinski definition) is 4. The zero-order chi connectivity index (χ0) is 15.2. The smallest absolute Gasteiger partial charge is 0.335 e. The number of hydrogen-bond donors (Lipinski definition) is 1. The van der Waals surface area contributed by atoms with Crippen molar-refractivity contribution in [2.45, 2.75) is 19.3 Å². The van der Waals surface area contributed by atoms with Crippen LogP contribution < -0.4 is 15.0 Å². The maximum Gasteiger partial charge on any atom is 0.335 e. The Morgan fingerprint density at radius 2 is 2.00 bits per heavy atom. The van der Waals surface area contributed by atoms with Crippen LogP contribution in [0, 0.1) is 5.41 Å². The number of urea groups is 1. The minimum Gasteiger partial charge on any atom is -0.495 e. The first-order chi connectivity index (χ1) is 9.99. The fourth-order valence-corrected chi connectivity index (χ4v) is 2.93. The average Bonchev–Trinajstić information content (AvgIpc) is 2.36. The lowest BCUT2D eigenvalue weighted by molar-refractivity contribution is -0.148. The molecule has 21 heavy (non-hydrogen) atoms. The van der Waals surface area contributed by atoms with E-state index in [9.17, 15) is 14.4 Å². The number of amides is 4. The van der Waals surface area contributed by atoms with E-state index in [-0.39, 0.29) is 5.02 Å². The molecule has 2 fully saturated rings. The summed E-state index contributed by atoms with van der Waals surface area (Å²) in [7, 11) is 1.47. The Morgan fingerprint density at radius 3 is 2.52 bits per heavy atom. The van der Waals surface area contributed by atoms with Crippen LogP contribution in [0.3, 0.4) is 0 Å². The second-order valence-corrected chi connectivity index (χ2v) is 5.56. The Morgan fingerprint density at radius 1 is 1.29 bits per heavy atom. The molecule has 0 aromatic heterocycles. The van der Waals surface area contributed by atoms with E-state index in [2.05, 4.69) is 5.32 Å². The maximum absolute atomic E-state index is 12.6. The van der Waals surface area contributed by atoms with Crippen LogP contribution in [0.2, 0.25) is 5.02 Å². The molecular weight excluding hydrogens is 296 g/mol. The van der Waals surface area contributed by atoms with Gasteiger partial charge in [-0.1, -0.05) is 18.0 Å². The van der Waals surface area contributed by atoms with Crippen LogP contribution in [0.25, 0.3) is 0 Å². The third-order valence-corrected chi connectivity index (χ3v) is 4.37. The highest BCUT2D eigenvalue weighted by Crippen LogP contribution is 2.45. The van der Waals surface area contributed by atoms with Gasteiger partial charge in [-0.15, -0.1) is 0 Å². The fourth-order valence-electron chi connectivity index (χ4n) is 2.68. The Labute approximate surface area is 126 Å². The van der Waals surface area contributed by atoms with Crippen molar-refractivity contribution >= 4 is 35.1 Å². The third kappa shape index (κ3) is 1.90. The first kappa shape index (κ1) is 13.9. The Kier molecular flexibility index (Phi) is 3.13. The van der Waals surface area contributed by atoms with Gasteiger partial charge in [-0.05, 0) is 31.0 Å². The van der Waals surface area contributed by atoms with Crippen molar-refractivity contribution < 1.29 is 19.1 Å². The van der Waals surface area contributed by atoms with Crippen LogP contribution in [0.5, 0.6) is 5.75 Å². The molecular formula is C14H13ClN2O4. The summed E-state index contributed by atoms with van der Waals surface area (Å²) in [6.45, 7) is 0. The molecule has 0 atom stereocenters. The topological polar surface area (TPSA) is 75.7 Å². The van der Waals surface area contributed by atoms with Gasteiger partial charge in [0.2, 0.25) is 5.91 Å². The number of nitrogens with zero attached hydrogens (tertiary/aromatic N) is 1. The van der Waals surface area contributed by atoms with Crippen LogP contribution in [0.1, 0.15) is 19.3 Å². The molecule has 3 rings (SSSR count). The summed E-state index contributed by atoms with van der Waals surface area (Å²) in [5, 5.41) is 2.54. The number of barbiturate groups is 1. The second-order valence-electron chi connectivity index (χ2n) is 5.15. The standard InChI is InChI=1S/C14H13ClN2O4/c1-21-10-4-3-8(7-9(10)15)17-12(19)14(5-2-6-14)11(18)16-13(17)20/h3-4,7H,2,5-6H2,1H3,(H,16,18,20). The van der Waals surface area contributed by atoms with Crippen LogP contribution in [-0.2, 0) is 9.59 Å². The normalized spacial score (nSPS) is 20.3. The molecule has 4 amide bonds. The number of carbonyl (C=O) groups is 3. The maximum atomic E-state index is 12.6. The Balaban J connectivity index is 2.00. The summed E-state index contributed by atoms with van der Waals surface area (Å²) in [5.74, 6) is -0.539. The molecule has 2 aliphatic rings. The van der Waals surface area contributed by atoms with Gasteiger partial charge in [0.1, 0.15) is 11.2 Å². The summed E-state index contributed by atoms with van der Waals surface area (Å²) in [5.41, 5.74) is -0.776. The molecule has 1 spiro atoms. The van der Waals surface area contributed by atoms with E-state index in [0.29, 0.717) is 24.3 Å². The summed E-state index contributed by atoms with van der Waals surface area (Å²) in [6, 6.07) is 3.86. The Bertz CT molecular complexity index is 654. The molecule has 1 aliphatic heterocycles. The van der Waals surface area contributed by atoms with Crippen molar-refractivity contribution in [2.75, 3.05) is 12.0 Å². The summed E-state index contributed by atoms with van der Waals surface area (Å²) in [4.78, 5) is 37.5. The van der Waals surface area contributed by atoms with Gasteiger partial charge in [-0.3, -0.25) is 14.9 Å². The van der Waals surface area contributed by atoms with Crippen molar-refractivity contribution in [2.24, 2.45) is 5.41 Å². The monoisotopic (exact) mass is 308 g/mol. The lowest BCUT2D eigenvalue weighted by Crippen LogP contribution is -2.66. The molecule has 1 aliphatic carbocycles. The zero-order valence-corrected chi connectivity index (χ0v) is 12.1. The number of benzene rings is 1. The molecule has 1 N–H and O–H groups in total. The van der Waals surface area contributed by atoms with Crippen LogP contribution in [0.4, 0.5) is 10.5 Å². The molecule has 0 unspecified atom stereocenters. The quantitative estimate of drug-likeness (QED) is 0.849. The van der Waals surface area contributed by atoms with Crippen molar-refractivity contribution in [3.63, 3.8) is 0 Å². The number of anilines is 1. The minimum absolute atomic E-state index is 0.287. The molecule has 7 heteroatoms. The fraction of sp³-hybridized carbons (Fsp3) is 0.357. The number of methoxy groups -OCH3 is 1. The first-order valence-electron chi connectivity index (χ1n) is 6.53. The van der Waals surface area contributed by atoms with Crippen LogP contribution in [0.15, 0.2) is 18.2 Å². The van der Waals surface area contributed by atoms with Gasteiger partial charge in [-0.25, -0.2) is 9.69 Å². The number of nitrogens with one attached hydrogen (secondary N) is 1. The summed E-state index contributed by atoms with van der Waals surface area (Å²) in [6.07, 6.45) is 1.72. The first-order valence-corrected chi connectivity index (χ1v) is 6.91. The molecule has 6 nitrogen and oxygen atoms in total. The molecule has 110 valence electrons. The van der Waals surface area contributed by atoms with Crippen LogP contribution >= 0.6 is 11.6 Å². The van der Waals surface area contributed by atoms with E-state index < -0.39 is 23.3 Å². The van der Waals surface area contributed by atoms with Gasteiger partial charge in [-0.2, -0.15) is 0 Å². The van der Waals surface area contributed by atoms with E-state index in [0.717, 1.165) is 11.3 Å². The molecule has 1 heterocycles. The van der Waals surface area contributed by atoms with Gasteiger partial charge in [0.05, 0.1) is 17.8 Å². The molecule has 1 aromatic carbocycles. The lowest BCUT2D eigenvalue weighted by Gasteiger charge is -2.44. The van der Waals surface area contributed by atoms with Gasteiger partial charge < -0.3 is 4.74 Å². The van der Waals surface area contributed by atoms with E-state index in [1.807, 2.05) is 0 Å². The molecule has 1 saturated carbocycles. The van der Waals surface area contributed by atoms with Crippen molar-refractivity contribution in [3.8, 4) is 5.75 Å². The average molecular weight is 309 g/mol. The predicted octanol–water partition coefficient (Wildman–Crippen LogP) is 2.10. The van der Waals surface area contributed by atoms with E-state index >= 15 is 0 Å². The van der Waals surface area contributed by atoms with Crippen molar-refractivity contribution in [3.05, 3.63) is 23.2 Å². The number of carbonyl (C=O) groups excluding carboxylic acids is 3. The highest BCUT2D eigenvalue weighted by molar-refractivity contribution is 6.33. The number of rotatable bonds is 2. The number of halogens is 1. The third-order valence-electron chi connectivity index (χ3n) is 4.07. The number of imide groups is 2. The van der Waals surface area contributed by atoms with E-state index in [4.69, 9.17) is 16.3 Å². The summed E-state index contributed by atoms with van der Waals surface area (Å²) < 4.78 is 5.04. The van der Waals surface area contributed by atoms with Gasteiger partial charge in [0.15, 0.2) is 0 Å². The van der Waals surface area contributed by atoms with Crippen LogP contribution in [-0.4, -0.2) is 25.0 Å². The Hall–Kier alpha value is -2.08. The van der Waals surface area contributed by atoms with Crippen molar-refractivity contribution in [1.29, 1.82) is 0 Å². The van der Waals surface area contributed by atoms with Crippen molar-refractivity contribution in [1.82, 2.24) is 5.32 Å². The number of ether oxygens (including phenoxy) is 1. The highest BCUT2D eigenvalue weighted by Gasteiger charge is 2.57. The highest BCUT2D eigenvalue weighted by atomic mass is 35.5. The molecule has 1 saturated heterocycles. The predicted molar refractivity (Wildman–Crippen MR) is 75.3 cm³/mol. The largest absolute Gasteiger partial charge is 0.495 e. The van der Waals surface area contributed by atoms with E-state index in [1.165, 1.54) is 13.2 Å². The summed E-state index contributed by atoms with van der Waals surface area (Å²) >= 11 is 6.03. The van der Waals surface area contributed by atoms with Gasteiger partial charge in [0, 0.05) is 0 Å². The van der Waals surface area contributed by atoms with Gasteiger partial charge >= 0.3 is 6.03 Å². The molecule has 0 radical (unpaired) electrons. The van der Waals surface area contributed by atoms with Gasteiger partial charge in [0.25, 0.3) is 5.91 Å². The SMILES string of the molecule is COc1ccc(N2C(=O)NC(=O)C3(CCC3)C2=O)cc1Cl. The van der Waals surface area contributed by atoms with E-state index in [1.54, 1.807) is 12.1 Å².